The lowest BCUT2D eigenvalue weighted by Gasteiger charge is -2.07. The standard InChI is InChI=1S/C15H13BrFNOS/c1-20-15-7-2-10(8-13(15)17)9-14(18-19)11-3-5-12(16)6-4-11/h2-8,19H,9H2,1H3/b18-14-. The Balaban J connectivity index is 2.23. The molecule has 0 aromatic heterocycles. The smallest absolute Gasteiger partial charge is 0.137 e. The van der Waals surface area contributed by atoms with Gasteiger partial charge in [0, 0.05) is 15.8 Å². The fraction of sp³-hybridized carbons (Fsp3) is 0.133. The van der Waals surface area contributed by atoms with E-state index in [1.807, 2.05) is 36.6 Å². The Morgan fingerprint density at radius 3 is 2.50 bits per heavy atom. The molecule has 104 valence electrons. The summed E-state index contributed by atoms with van der Waals surface area (Å²) >= 11 is 4.72. The summed E-state index contributed by atoms with van der Waals surface area (Å²) in [5.41, 5.74) is 2.09. The largest absolute Gasteiger partial charge is 0.411 e. The van der Waals surface area contributed by atoms with Crippen LogP contribution in [0.25, 0.3) is 0 Å². The van der Waals surface area contributed by atoms with Gasteiger partial charge < -0.3 is 5.21 Å². The molecule has 0 spiro atoms. The molecule has 2 aromatic rings. The van der Waals surface area contributed by atoms with Gasteiger partial charge in [0.25, 0.3) is 0 Å². The first-order valence-electron chi connectivity index (χ1n) is 5.93. The molecule has 0 aliphatic carbocycles. The number of hydrogen-bond acceptors (Lipinski definition) is 3. The molecular formula is C15H13BrFNOS. The van der Waals surface area contributed by atoms with Gasteiger partial charge in [-0.2, -0.15) is 0 Å². The molecule has 2 aromatic carbocycles. The van der Waals surface area contributed by atoms with Gasteiger partial charge in [-0.05, 0) is 41.6 Å². The molecule has 1 N–H and O–H groups in total. The summed E-state index contributed by atoms with van der Waals surface area (Å²) in [5.74, 6) is -0.247. The normalized spacial score (nSPS) is 11.7. The molecule has 0 saturated carbocycles. The predicted molar refractivity (Wildman–Crippen MR) is 84.4 cm³/mol. The van der Waals surface area contributed by atoms with Crippen molar-refractivity contribution in [1.82, 2.24) is 0 Å². The number of nitrogens with zero attached hydrogens (tertiary/aromatic N) is 1. The zero-order valence-corrected chi connectivity index (χ0v) is 13.2. The van der Waals surface area contributed by atoms with Gasteiger partial charge in [0.15, 0.2) is 0 Å². The van der Waals surface area contributed by atoms with E-state index in [4.69, 9.17) is 5.21 Å². The number of thioether (sulfide) groups is 1. The zero-order valence-electron chi connectivity index (χ0n) is 10.8. The van der Waals surface area contributed by atoms with Crippen molar-refractivity contribution in [2.45, 2.75) is 11.3 Å². The molecule has 0 bridgehead atoms. The average molecular weight is 354 g/mol. The molecule has 0 amide bonds. The molecule has 0 radical (unpaired) electrons. The molecule has 0 fully saturated rings. The van der Waals surface area contributed by atoms with Crippen LogP contribution in [0, 0.1) is 5.82 Å². The third-order valence-corrected chi connectivity index (χ3v) is 4.19. The number of benzene rings is 2. The van der Waals surface area contributed by atoms with E-state index < -0.39 is 0 Å². The predicted octanol–water partition coefficient (Wildman–Crippen LogP) is 4.73. The molecular weight excluding hydrogens is 341 g/mol. The maximum Gasteiger partial charge on any atom is 0.137 e. The van der Waals surface area contributed by atoms with Gasteiger partial charge >= 0.3 is 0 Å². The van der Waals surface area contributed by atoms with Crippen molar-refractivity contribution in [2.24, 2.45) is 5.16 Å². The van der Waals surface area contributed by atoms with Gasteiger partial charge in [-0.1, -0.05) is 39.3 Å². The minimum atomic E-state index is -0.247. The molecule has 0 saturated heterocycles. The molecule has 2 rings (SSSR count). The molecule has 2 nitrogen and oxygen atoms in total. The average Bonchev–Trinajstić information content (AvgIpc) is 2.46. The SMILES string of the molecule is CSc1ccc(C/C(=N/O)c2ccc(Br)cc2)cc1F. The highest BCUT2D eigenvalue weighted by molar-refractivity contribution is 9.10. The topological polar surface area (TPSA) is 32.6 Å². The first kappa shape index (κ1) is 15.1. The van der Waals surface area contributed by atoms with Crippen LogP contribution in [0.2, 0.25) is 0 Å². The van der Waals surface area contributed by atoms with Crippen molar-refractivity contribution >= 4 is 33.4 Å². The first-order chi connectivity index (χ1) is 9.63. The summed E-state index contributed by atoms with van der Waals surface area (Å²) < 4.78 is 14.7. The van der Waals surface area contributed by atoms with Gasteiger partial charge in [0.05, 0.1) is 5.71 Å². The monoisotopic (exact) mass is 353 g/mol. The fourth-order valence-electron chi connectivity index (χ4n) is 1.85. The lowest BCUT2D eigenvalue weighted by atomic mass is 10.0. The second kappa shape index (κ2) is 6.90. The van der Waals surface area contributed by atoms with Crippen LogP contribution >= 0.6 is 27.7 Å². The molecule has 0 aliphatic heterocycles. The molecule has 20 heavy (non-hydrogen) atoms. The molecule has 0 unspecified atom stereocenters. The highest BCUT2D eigenvalue weighted by atomic mass is 79.9. The Bertz CT molecular complexity index is 628. The molecule has 0 aliphatic rings. The Hall–Kier alpha value is -1.33. The minimum absolute atomic E-state index is 0.247. The van der Waals surface area contributed by atoms with Gasteiger partial charge in [-0.25, -0.2) is 4.39 Å². The summed E-state index contributed by atoms with van der Waals surface area (Å²) in [6.45, 7) is 0. The second-order valence-corrected chi connectivity index (χ2v) is 5.96. The molecule has 5 heteroatoms. The van der Waals surface area contributed by atoms with Crippen LogP contribution in [0.5, 0.6) is 0 Å². The van der Waals surface area contributed by atoms with Crippen LogP contribution in [-0.2, 0) is 6.42 Å². The van der Waals surface area contributed by atoms with E-state index in [1.165, 1.54) is 17.8 Å². The van der Waals surface area contributed by atoms with Crippen LogP contribution < -0.4 is 0 Å². The molecule has 0 heterocycles. The summed E-state index contributed by atoms with van der Waals surface area (Å²) in [6.07, 6.45) is 2.21. The van der Waals surface area contributed by atoms with E-state index in [-0.39, 0.29) is 5.82 Å². The summed E-state index contributed by atoms with van der Waals surface area (Å²) in [7, 11) is 0. The van der Waals surface area contributed by atoms with Crippen LogP contribution in [0.1, 0.15) is 11.1 Å². The third-order valence-electron chi connectivity index (χ3n) is 2.89. The Kier molecular flexibility index (Phi) is 5.20. The van der Waals surface area contributed by atoms with E-state index >= 15 is 0 Å². The van der Waals surface area contributed by atoms with E-state index in [9.17, 15) is 4.39 Å². The zero-order chi connectivity index (χ0) is 14.5. The maximum atomic E-state index is 13.7. The second-order valence-electron chi connectivity index (χ2n) is 4.20. The van der Waals surface area contributed by atoms with Crippen molar-refractivity contribution in [3.8, 4) is 0 Å². The van der Waals surface area contributed by atoms with Crippen molar-refractivity contribution in [3.63, 3.8) is 0 Å². The van der Waals surface area contributed by atoms with Crippen LogP contribution in [0.15, 0.2) is 57.0 Å². The fourth-order valence-corrected chi connectivity index (χ4v) is 2.57. The summed E-state index contributed by atoms with van der Waals surface area (Å²) in [4.78, 5) is 0.611. The Morgan fingerprint density at radius 1 is 1.25 bits per heavy atom. The molecule has 0 atom stereocenters. The number of rotatable bonds is 4. The van der Waals surface area contributed by atoms with Gasteiger partial charge in [-0.15, -0.1) is 11.8 Å². The van der Waals surface area contributed by atoms with Crippen LogP contribution in [0.3, 0.4) is 0 Å². The van der Waals surface area contributed by atoms with E-state index in [1.54, 1.807) is 6.07 Å². The minimum Gasteiger partial charge on any atom is -0.411 e. The summed E-state index contributed by atoms with van der Waals surface area (Å²) in [6, 6.07) is 12.5. The van der Waals surface area contributed by atoms with Gasteiger partial charge in [0.1, 0.15) is 5.82 Å². The van der Waals surface area contributed by atoms with Gasteiger partial charge in [-0.3, -0.25) is 0 Å². The number of halogens is 2. The van der Waals surface area contributed by atoms with Crippen molar-refractivity contribution in [3.05, 3.63) is 63.9 Å². The van der Waals surface area contributed by atoms with E-state index in [0.29, 0.717) is 17.0 Å². The number of oxime groups is 1. The van der Waals surface area contributed by atoms with Crippen molar-refractivity contribution < 1.29 is 9.60 Å². The van der Waals surface area contributed by atoms with Crippen LogP contribution in [0.4, 0.5) is 4.39 Å². The van der Waals surface area contributed by atoms with E-state index in [2.05, 4.69) is 21.1 Å². The highest BCUT2D eigenvalue weighted by Gasteiger charge is 2.08. The maximum absolute atomic E-state index is 13.7. The van der Waals surface area contributed by atoms with Gasteiger partial charge in [0.2, 0.25) is 0 Å². The number of hydrogen-bond donors (Lipinski definition) is 1. The van der Waals surface area contributed by atoms with Crippen molar-refractivity contribution in [1.29, 1.82) is 0 Å². The lowest BCUT2D eigenvalue weighted by Crippen LogP contribution is -2.05. The van der Waals surface area contributed by atoms with Crippen LogP contribution in [-0.4, -0.2) is 17.2 Å². The Morgan fingerprint density at radius 2 is 1.95 bits per heavy atom. The Labute approximate surface area is 129 Å². The quantitative estimate of drug-likeness (QED) is 0.373. The third kappa shape index (κ3) is 3.61. The summed E-state index contributed by atoms with van der Waals surface area (Å²) in [5, 5.41) is 12.5. The van der Waals surface area contributed by atoms with E-state index in [0.717, 1.165) is 15.6 Å². The lowest BCUT2D eigenvalue weighted by molar-refractivity contribution is 0.318. The first-order valence-corrected chi connectivity index (χ1v) is 7.95. The van der Waals surface area contributed by atoms with Crippen molar-refractivity contribution in [2.75, 3.05) is 6.26 Å². The highest BCUT2D eigenvalue weighted by Crippen LogP contribution is 2.21.